The fourth-order valence-electron chi connectivity index (χ4n) is 3.35. The van der Waals surface area contributed by atoms with Gasteiger partial charge in [0.15, 0.2) is 0 Å². The number of benzene rings is 2. The van der Waals surface area contributed by atoms with Crippen LogP contribution in [-0.2, 0) is 17.8 Å². The molecule has 0 fully saturated rings. The summed E-state index contributed by atoms with van der Waals surface area (Å²) in [5.74, 6) is 0.872. The molecule has 0 aliphatic rings. The van der Waals surface area contributed by atoms with Crippen molar-refractivity contribution in [3.8, 4) is 23.0 Å². The molecule has 0 aliphatic carbocycles. The predicted octanol–water partition coefficient (Wildman–Crippen LogP) is 4.34. The van der Waals surface area contributed by atoms with Crippen molar-refractivity contribution in [2.45, 2.75) is 32.4 Å². The highest BCUT2D eigenvalue weighted by atomic mass is 16.5. The number of amides is 1. The van der Waals surface area contributed by atoms with E-state index < -0.39 is 0 Å². The van der Waals surface area contributed by atoms with Crippen molar-refractivity contribution in [3.05, 3.63) is 84.6 Å². The number of aromatic nitrogens is 3. The zero-order valence-corrected chi connectivity index (χ0v) is 16.9. The van der Waals surface area contributed by atoms with Crippen molar-refractivity contribution in [1.82, 2.24) is 20.0 Å². The highest BCUT2D eigenvalue weighted by molar-refractivity contribution is 5.76. The molecule has 0 saturated heterocycles. The summed E-state index contributed by atoms with van der Waals surface area (Å²) in [6.45, 7) is 2.22. The zero-order chi connectivity index (χ0) is 20.8. The van der Waals surface area contributed by atoms with Crippen molar-refractivity contribution in [2.75, 3.05) is 0 Å². The standard InChI is InChI=1S/C24H24N4O2/c1-18(14-15-19-9-4-2-5-10-19)25-22(29)17-28-16-8-13-21(28)24-26-23(27-30-24)20-11-6-3-7-12-20/h2-13,16,18H,14-15,17H2,1H3,(H,25,29). The molecule has 1 amide bonds. The molecule has 0 spiro atoms. The minimum atomic E-state index is -0.0455. The van der Waals surface area contributed by atoms with Gasteiger partial charge >= 0.3 is 0 Å². The molecule has 1 N–H and O–H groups in total. The van der Waals surface area contributed by atoms with E-state index in [9.17, 15) is 4.79 Å². The summed E-state index contributed by atoms with van der Waals surface area (Å²) in [6, 6.07) is 23.8. The molecule has 0 aliphatic heterocycles. The molecule has 2 heterocycles. The van der Waals surface area contributed by atoms with E-state index in [4.69, 9.17) is 4.52 Å². The summed E-state index contributed by atoms with van der Waals surface area (Å²) >= 11 is 0. The van der Waals surface area contributed by atoms with Crippen LogP contribution in [0.2, 0.25) is 0 Å². The molecule has 1 unspecified atom stereocenters. The van der Waals surface area contributed by atoms with E-state index in [0.29, 0.717) is 11.7 Å². The second kappa shape index (κ2) is 9.22. The van der Waals surface area contributed by atoms with Crippen LogP contribution in [0, 0.1) is 0 Å². The molecular weight excluding hydrogens is 376 g/mol. The smallest absolute Gasteiger partial charge is 0.274 e. The van der Waals surface area contributed by atoms with Gasteiger partial charge in [0.2, 0.25) is 11.7 Å². The van der Waals surface area contributed by atoms with Gasteiger partial charge < -0.3 is 14.4 Å². The van der Waals surface area contributed by atoms with E-state index >= 15 is 0 Å². The van der Waals surface area contributed by atoms with Crippen molar-refractivity contribution >= 4 is 5.91 Å². The maximum atomic E-state index is 12.5. The Morgan fingerprint density at radius 1 is 1.03 bits per heavy atom. The van der Waals surface area contributed by atoms with E-state index in [0.717, 1.165) is 24.1 Å². The molecule has 2 aromatic heterocycles. The summed E-state index contributed by atoms with van der Waals surface area (Å²) < 4.78 is 7.26. The number of hydrogen-bond acceptors (Lipinski definition) is 4. The molecule has 1 atom stereocenters. The Kier molecular flexibility index (Phi) is 6.03. The first kappa shape index (κ1) is 19.6. The van der Waals surface area contributed by atoms with Crippen molar-refractivity contribution in [1.29, 1.82) is 0 Å². The fraction of sp³-hybridized carbons (Fsp3) is 0.208. The lowest BCUT2D eigenvalue weighted by Crippen LogP contribution is -2.35. The Labute approximate surface area is 175 Å². The Hall–Kier alpha value is -3.67. The molecular formula is C24H24N4O2. The largest absolute Gasteiger partial charge is 0.352 e. The topological polar surface area (TPSA) is 73.0 Å². The van der Waals surface area contributed by atoms with Gasteiger partial charge in [-0.1, -0.05) is 65.8 Å². The van der Waals surface area contributed by atoms with Crippen LogP contribution < -0.4 is 5.32 Å². The van der Waals surface area contributed by atoms with Gasteiger partial charge in [0, 0.05) is 17.8 Å². The van der Waals surface area contributed by atoms with Gasteiger partial charge in [-0.3, -0.25) is 4.79 Å². The van der Waals surface area contributed by atoms with E-state index in [-0.39, 0.29) is 18.5 Å². The predicted molar refractivity (Wildman–Crippen MR) is 116 cm³/mol. The van der Waals surface area contributed by atoms with Crippen LogP contribution in [-0.4, -0.2) is 26.7 Å². The van der Waals surface area contributed by atoms with Crippen LogP contribution in [0.1, 0.15) is 18.9 Å². The molecule has 0 saturated carbocycles. The fourth-order valence-corrected chi connectivity index (χ4v) is 3.35. The highest BCUT2D eigenvalue weighted by Gasteiger charge is 2.16. The molecule has 0 radical (unpaired) electrons. The van der Waals surface area contributed by atoms with Gasteiger partial charge in [0.05, 0.1) is 0 Å². The van der Waals surface area contributed by atoms with Crippen LogP contribution in [0.3, 0.4) is 0 Å². The van der Waals surface area contributed by atoms with E-state index in [1.807, 2.05) is 78.4 Å². The van der Waals surface area contributed by atoms with E-state index in [1.165, 1.54) is 5.56 Å². The Morgan fingerprint density at radius 3 is 2.53 bits per heavy atom. The number of hydrogen-bond donors (Lipinski definition) is 1. The van der Waals surface area contributed by atoms with Crippen LogP contribution in [0.25, 0.3) is 23.0 Å². The maximum Gasteiger partial charge on any atom is 0.274 e. The van der Waals surface area contributed by atoms with Crippen LogP contribution in [0.4, 0.5) is 0 Å². The van der Waals surface area contributed by atoms with E-state index in [2.05, 4.69) is 27.6 Å². The zero-order valence-electron chi connectivity index (χ0n) is 16.9. The second-order valence-electron chi connectivity index (χ2n) is 7.30. The molecule has 4 aromatic rings. The second-order valence-corrected chi connectivity index (χ2v) is 7.30. The molecule has 6 nitrogen and oxygen atoms in total. The first-order valence-electron chi connectivity index (χ1n) is 10.1. The molecule has 6 heteroatoms. The number of rotatable bonds is 8. The lowest BCUT2D eigenvalue weighted by atomic mass is 10.1. The van der Waals surface area contributed by atoms with Crippen molar-refractivity contribution < 1.29 is 9.32 Å². The monoisotopic (exact) mass is 400 g/mol. The van der Waals surface area contributed by atoms with Crippen LogP contribution in [0.15, 0.2) is 83.5 Å². The number of carbonyl (C=O) groups is 1. The number of nitrogens with one attached hydrogen (secondary N) is 1. The van der Waals surface area contributed by atoms with Gasteiger partial charge in [-0.2, -0.15) is 4.98 Å². The van der Waals surface area contributed by atoms with E-state index in [1.54, 1.807) is 0 Å². The third kappa shape index (κ3) is 4.84. The number of carbonyl (C=O) groups excluding carboxylic acids is 1. The average molecular weight is 400 g/mol. The molecule has 152 valence electrons. The summed E-state index contributed by atoms with van der Waals surface area (Å²) in [5.41, 5.74) is 2.88. The van der Waals surface area contributed by atoms with Gasteiger partial charge in [0.25, 0.3) is 5.89 Å². The minimum absolute atomic E-state index is 0.0455. The quantitative estimate of drug-likeness (QED) is 0.477. The first-order chi connectivity index (χ1) is 14.7. The van der Waals surface area contributed by atoms with Crippen molar-refractivity contribution in [3.63, 3.8) is 0 Å². The van der Waals surface area contributed by atoms with Gasteiger partial charge in [-0.15, -0.1) is 0 Å². The van der Waals surface area contributed by atoms with Crippen molar-refractivity contribution in [2.24, 2.45) is 0 Å². The summed E-state index contributed by atoms with van der Waals surface area (Å²) in [4.78, 5) is 17.0. The first-order valence-corrected chi connectivity index (χ1v) is 10.1. The lowest BCUT2D eigenvalue weighted by Gasteiger charge is -2.15. The highest BCUT2D eigenvalue weighted by Crippen LogP contribution is 2.22. The van der Waals surface area contributed by atoms with Crippen LogP contribution in [0.5, 0.6) is 0 Å². The maximum absolute atomic E-state index is 12.5. The Balaban J connectivity index is 1.36. The van der Waals surface area contributed by atoms with Gasteiger partial charge in [-0.05, 0) is 37.5 Å². The molecule has 0 bridgehead atoms. The molecule has 4 rings (SSSR count). The summed E-state index contributed by atoms with van der Waals surface area (Å²) in [6.07, 6.45) is 3.66. The molecule has 2 aromatic carbocycles. The normalized spacial score (nSPS) is 11.9. The third-order valence-corrected chi connectivity index (χ3v) is 4.94. The van der Waals surface area contributed by atoms with Crippen LogP contribution >= 0.6 is 0 Å². The SMILES string of the molecule is CC(CCc1ccccc1)NC(=O)Cn1cccc1-c1nc(-c2ccccc2)no1. The Bertz CT molecular complexity index is 1090. The third-order valence-electron chi connectivity index (χ3n) is 4.94. The summed E-state index contributed by atoms with van der Waals surface area (Å²) in [7, 11) is 0. The van der Waals surface area contributed by atoms with Gasteiger partial charge in [0.1, 0.15) is 12.2 Å². The number of nitrogens with zero attached hydrogens (tertiary/aromatic N) is 3. The number of aryl methyl sites for hydroxylation is 1. The Morgan fingerprint density at radius 2 is 1.77 bits per heavy atom. The molecule has 30 heavy (non-hydrogen) atoms. The lowest BCUT2D eigenvalue weighted by molar-refractivity contribution is -0.122. The summed E-state index contributed by atoms with van der Waals surface area (Å²) in [5, 5.41) is 7.14. The van der Waals surface area contributed by atoms with Gasteiger partial charge in [-0.25, -0.2) is 0 Å². The average Bonchev–Trinajstić information content (AvgIpc) is 3.43. The minimum Gasteiger partial charge on any atom is -0.352 e.